The zero-order chi connectivity index (χ0) is 12.3. The lowest BCUT2D eigenvalue weighted by molar-refractivity contribution is 0.273. The predicted octanol–water partition coefficient (Wildman–Crippen LogP) is 4.20. The van der Waals surface area contributed by atoms with Crippen LogP contribution in [0.4, 0.5) is 0 Å². The molecule has 1 aromatic rings. The SMILES string of the molecule is COP(=S)(OC)Oc1c(Cl)cc(C)cc1Cl. The van der Waals surface area contributed by atoms with E-state index >= 15 is 0 Å². The minimum atomic E-state index is -2.81. The molecule has 0 amide bonds. The lowest BCUT2D eigenvalue weighted by Gasteiger charge is -2.19. The second kappa shape index (κ2) is 5.67. The summed E-state index contributed by atoms with van der Waals surface area (Å²) in [5.74, 6) is 0.293. The molecule has 0 aliphatic carbocycles. The first kappa shape index (κ1) is 14.2. The van der Waals surface area contributed by atoms with Crippen molar-refractivity contribution in [3.8, 4) is 5.75 Å². The van der Waals surface area contributed by atoms with Gasteiger partial charge in [-0.1, -0.05) is 23.2 Å². The van der Waals surface area contributed by atoms with E-state index in [1.54, 1.807) is 12.1 Å². The lowest BCUT2D eigenvalue weighted by Crippen LogP contribution is -1.98. The summed E-state index contributed by atoms with van der Waals surface area (Å²) in [7, 11) is 2.83. The Kier molecular flexibility index (Phi) is 5.05. The molecule has 0 radical (unpaired) electrons. The minimum Gasteiger partial charge on any atom is -0.421 e. The van der Waals surface area contributed by atoms with Gasteiger partial charge < -0.3 is 13.6 Å². The van der Waals surface area contributed by atoms with E-state index in [2.05, 4.69) is 0 Å². The van der Waals surface area contributed by atoms with E-state index in [9.17, 15) is 0 Å². The molecule has 0 N–H and O–H groups in total. The predicted molar refractivity (Wildman–Crippen MR) is 70.1 cm³/mol. The van der Waals surface area contributed by atoms with Crippen molar-refractivity contribution in [3.63, 3.8) is 0 Å². The molecule has 1 aromatic carbocycles. The summed E-state index contributed by atoms with van der Waals surface area (Å²) in [6, 6.07) is 3.46. The van der Waals surface area contributed by atoms with Crippen LogP contribution in [0.5, 0.6) is 5.75 Å². The highest BCUT2D eigenvalue weighted by molar-refractivity contribution is 8.07. The molecule has 0 atom stereocenters. The van der Waals surface area contributed by atoms with Crippen LogP contribution in [0.25, 0.3) is 0 Å². The van der Waals surface area contributed by atoms with E-state index in [0.717, 1.165) is 5.56 Å². The van der Waals surface area contributed by atoms with Crippen LogP contribution in [-0.2, 0) is 20.9 Å². The maximum Gasteiger partial charge on any atom is 0.380 e. The van der Waals surface area contributed by atoms with Crippen LogP contribution >= 0.6 is 29.9 Å². The van der Waals surface area contributed by atoms with Crippen molar-refractivity contribution in [2.75, 3.05) is 14.2 Å². The van der Waals surface area contributed by atoms with Gasteiger partial charge in [0, 0.05) is 26.0 Å². The molecule has 0 bridgehead atoms. The van der Waals surface area contributed by atoms with Crippen LogP contribution in [-0.4, -0.2) is 14.2 Å². The summed E-state index contributed by atoms with van der Waals surface area (Å²) in [6.07, 6.45) is 0. The maximum atomic E-state index is 6.01. The van der Waals surface area contributed by atoms with Crippen molar-refractivity contribution in [2.24, 2.45) is 0 Å². The van der Waals surface area contributed by atoms with Gasteiger partial charge in [-0.2, -0.15) is 0 Å². The molecule has 0 spiro atoms. The molecule has 1 rings (SSSR count). The second-order valence-electron chi connectivity index (χ2n) is 2.96. The summed E-state index contributed by atoms with van der Waals surface area (Å²) in [6.45, 7) is -0.928. The first-order valence-electron chi connectivity index (χ1n) is 4.28. The quantitative estimate of drug-likeness (QED) is 0.779. The van der Waals surface area contributed by atoms with Crippen molar-refractivity contribution in [1.29, 1.82) is 0 Å². The van der Waals surface area contributed by atoms with E-state index in [4.69, 9.17) is 48.6 Å². The fraction of sp³-hybridized carbons (Fsp3) is 0.333. The second-order valence-corrected chi connectivity index (χ2v) is 6.92. The molecule has 0 fully saturated rings. The number of hydrogen-bond acceptors (Lipinski definition) is 4. The Hall–Kier alpha value is 0.170. The maximum absolute atomic E-state index is 6.01. The van der Waals surface area contributed by atoms with Crippen LogP contribution in [0, 0.1) is 6.92 Å². The average molecular weight is 301 g/mol. The van der Waals surface area contributed by atoms with Crippen molar-refractivity contribution < 1.29 is 13.6 Å². The van der Waals surface area contributed by atoms with Gasteiger partial charge in [0.1, 0.15) is 0 Å². The van der Waals surface area contributed by atoms with Crippen LogP contribution < -0.4 is 4.52 Å². The van der Waals surface area contributed by atoms with Crippen LogP contribution in [0.15, 0.2) is 12.1 Å². The van der Waals surface area contributed by atoms with Gasteiger partial charge in [0.2, 0.25) is 0 Å². The van der Waals surface area contributed by atoms with Gasteiger partial charge >= 0.3 is 6.72 Å². The van der Waals surface area contributed by atoms with Gasteiger partial charge in [-0.15, -0.1) is 0 Å². The third-order valence-electron chi connectivity index (χ3n) is 1.79. The summed E-state index contributed by atoms with van der Waals surface area (Å²) >= 11 is 17.1. The number of benzene rings is 1. The van der Waals surface area contributed by atoms with Crippen molar-refractivity contribution >= 4 is 41.7 Å². The number of hydrogen-bond donors (Lipinski definition) is 0. The molecule has 0 saturated carbocycles. The fourth-order valence-corrected chi connectivity index (χ4v) is 2.76. The highest BCUT2D eigenvalue weighted by Gasteiger charge is 2.22. The summed E-state index contributed by atoms with van der Waals surface area (Å²) in [4.78, 5) is 0. The summed E-state index contributed by atoms with van der Waals surface area (Å²) in [5, 5.41) is 0.765. The Balaban J connectivity index is 3.11. The molecule has 16 heavy (non-hydrogen) atoms. The van der Waals surface area contributed by atoms with Gasteiger partial charge in [0.15, 0.2) is 5.75 Å². The summed E-state index contributed by atoms with van der Waals surface area (Å²) < 4.78 is 15.4. The Labute approximate surface area is 110 Å². The van der Waals surface area contributed by atoms with E-state index in [1.807, 2.05) is 6.92 Å². The van der Waals surface area contributed by atoms with Crippen molar-refractivity contribution in [2.45, 2.75) is 6.92 Å². The van der Waals surface area contributed by atoms with E-state index in [0.29, 0.717) is 15.8 Å². The highest BCUT2D eigenvalue weighted by atomic mass is 35.5. The number of halogens is 2. The molecular formula is C9H11Cl2O3PS. The van der Waals surface area contributed by atoms with Crippen LogP contribution in [0.2, 0.25) is 10.0 Å². The number of rotatable bonds is 4. The van der Waals surface area contributed by atoms with Crippen LogP contribution in [0.1, 0.15) is 5.56 Å². The molecule has 3 nitrogen and oxygen atoms in total. The molecule has 0 aliphatic rings. The normalized spacial score (nSPS) is 11.6. The topological polar surface area (TPSA) is 27.7 Å². The van der Waals surface area contributed by atoms with E-state index in [-0.39, 0.29) is 0 Å². The third kappa shape index (κ3) is 3.33. The third-order valence-corrected chi connectivity index (χ3v) is 4.77. The highest BCUT2D eigenvalue weighted by Crippen LogP contribution is 2.51. The van der Waals surface area contributed by atoms with Gasteiger partial charge in [0.25, 0.3) is 0 Å². The van der Waals surface area contributed by atoms with Gasteiger partial charge in [-0.25, -0.2) is 0 Å². The van der Waals surface area contributed by atoms with Crippen molar-refractivity contribution in [1.82, 2.24) is 0 Å². The van der Waals surface area contributed by atoms with E-state index < -0.39 is 6.72 Å². The van der Waals surface area contributed by atoms with Crippen molar-refractivity contribution in [3.05, 3.63) is 27.7 Å². The standard InChI is InChI=1S/C9H11Cl2O3PS/c1-6-4-7(10)9(8(11)5-6)14-15(16,12-2)13-3/h4-5H,1-3H3. The zero-order valence-electron chi connectivity index (χ0n) is 8.99. The van der Waals surface area contributed by atoms with Gasteiger partial charge in [0.05, 0.1) is 10.0 Å². The molecule has 7 heteroatoms. The zero-order valence-corrected chi connectivity index (χ0v) is 12.2. The Morgan fingerprint density at radius 1 is 1.12 bits per heavy atom. The smallest absolute Gasteiger partial charge is 0.380 e. The average Bonchev–Trinajstić information content (AvgIpc) is 2.23. The lowest BCUT2D eigenvalue weighted by atomic mass is 10.2. The molecule has 0 unspecified atom stereocenters. The van der Waals surface area contributed by atoms with Crippen LogP contribution in [0.3, 0.4) is 0 Å². The molecule has 0 aromatic heterocycles. The molecule has 0 heterocycles. The first-order valence-corrected chi connectivity index (χ1v) is 7.60. The molecule has 0 aliphatic heterocycles. The first-order chi connectivity index (χ1) is 7.41. The van der Waals surface area contributed by atoms with Gasteiger partial charge in [-0.3, -0.25) is 0 Å². The molecular weight excluding hydrogens is 290 g/mol. The fourth-order valence-electron chi connectivity index (χ4n) is 1.03. The Morgan fingerprint density at radius 3 is 1.94 bits per heavy atom. The number of aryl methyl sites for hydroxylation is 1. The molecule has 0 saturated heterocycles. The van der Waals surface area contributed by atoms with Gasteiger partial charge in [-0.05, 0) is 24.6 Å². The molecule has 90 valence electrons. The Bertz CT molecular complexity index is 408. The monoisotopic (exact) mass is 300 g/mol. The Morgan fingerprint density at radius 2 is 1.56 bits per heavy atom. The van der Waals surface area contributed by atoms with E-state index in [1.165, 1.54) is 14.2 Å². The minimum absolute atomic E-state index is 0.293. The largest absolute Gasteiger partial charge is 0.421 e. The summed E-state index contributed by atoms with van der Waals surface area (Å²) in [5.41, 5.74) is 0.936.